The zero-order valence-corrected chi connectivity index (χ0v) is 18.8. The van der Waals surface area contributed by atoms with Crippen LogP contribution in [0.2, 0.25) is 0 Å². The maximum absolute atomic E-state index is 12.6. The summed E-state index contributed by atoms with van der Waals surface area (Å²) in [5.41, 5.74) is 1.14. The molecule has 2 N–H and O–H groups in total. The molecule has 0 atom stereocenters. The summed E-state index contributed by atoms with van der Waals surface area (Å²) in [5.74, 6) is 0.225. The minimum atomic E-state index is -4.45. The number of thiazole rings is 1. The van der Waals surface area contributed by atoms with Crippen LogP contribution in [0.25, 0.3) is 0 Å². The van der Waals surface area contributed by atoms with Crippen LogP contribution in [0.15, 0.2) is 34.6 Å². The van der Waals surface area contributed by atoms with Crippen molar-refractivity contribution in [3.8, 4) is 0 Å². The molecule has 6 nitrogen and oxygen atoms in total. The summed E-state index contributed by atoms with van der Waals surface area (Å²) in [5, 5.41) is 7.16. The summed E-state index contributed by atoms with van der Waals surface area (Å²) in [7, 11) is 0. The monoisotopic (exact) mass is 539 g/mol. The molecule has 11 heteroatoms. The molecule has 0 radical (unpaired) electrons. The first-order chi connectivity index (χ1) is 13.4. The fourth-order valence-corrected chi connectivity index (χ4v) is 3.59. The average Bonchev–Trinajstić information content (AvgIpc) is 3.30. The van der Waals surface area contributed by atoms with Gasteiger partial charge in [0, 0.05) is 24.2 Å². The molecule has 0 saturated carbocycles. The number of aliphatic imine (C=N–C) groups is 1. The first kappa shape index (κ1) is 23.4. The van der Waals surface area contributed by atoms with Gasteiger partial charge in [-0.25, -0.2) is 9.98 Å². The summed E-state index contributed by atoms with van der Waals surface area (Å²) in [6.45, 7) is 3.07. The maximum Gasteiger partial charge on any atom is 0.434 e. The number of aromatic nitrogens is 1. The number of alkyl halides is 3. The molecule has 1 aliphatic heterocycles. The molecule has 0 unspecified atom stereocenters. The van der Waals surface area contributed by atoms with E-state index in [1.165, 1.54) is 0 Å². The molecule has 1 aliphatic rings. The zero-order valence-electron chi connectivity index (χ0n) is 15.6. The van der Waals surface area contributed by atoms with Crippen LogP contribution in [0.4, 0.5) is 18.9 Å². The molecular formula is C18H21F3IN5OS. The van der Waals surface area contributed by atoms with Gasteiger partial charge >= 0.3 is 6.18 Å². The van der Waals surface area contributed by atoms with E-state index in [1.807, 2.05) is 31.2 Å². The average molecular weight is 539 g/mol. The van der Waals surface area contributed by atoms with Gasteiger partial charge in [-0.2, -0.15) is 13.2 Å². The van der Waals surface area contributed by atoms with Crippen LogP contribution in [-0.4, -0.2) is 36.5 Å². The molecule has 29 heavy (non-hydrogen) atoms. The van der Waals surface area contributed by atoms with E-state index in [4.69, 9.17) is 0 Å². The van der Waals surface area contributed by atoms with Gasteiger partial charge in [-0.3, -0.25) is 4.79 Å². The van der Waals surface area contributed by atoms with Crippen molar-refractivity contribution in [2.24, 2.45) is 4.99 Å². The molecule has 0 fully saturated rings. The van der Waals surface area contributed by atoms with Crippen LogP contribution in [0.1, 0.15) is 23.2 Å². The number of guanidine groups is 1. The van der Waals surface area contributed by atoms with Crippen LogP contribution in [0.5, 0.6) is 0 Å². The molecule has 1 aromatic heterocycles. The Morgan fingerprint density at radius 2 is 2.07 bits per heavy atom. The second-order valence-electron chi connectivity index (χ2n) is 6.10. The van der Waals surface area contributed by atoms with Crippen LogP contribution in [0.3, 0.4) is 0 Å². The van der Waals surface area contributed by atoms with Gasteiger partial charge in [0.2, 0.25) is 5.91 Å². The van der Waals surface area contributed by atoms with Gasteiger partial charge in [-0.1, -0.05) is 18.2 Å². The molecule has 2 heterocycles. The van der Waals surface area contributed by atoms with Gasteiger partial charge in [0.05, 0.1) is 6.54 Å². The number of rotatable bonds is 5. The van der Waals surface area contributed by atoms with E-state index >= 15 is 0 Å². The van der Waals surface area contributed by atoms with Gasteiger partial charge in [-0.05, 0) is 25.0 Å². The number of halogens is 4. The van der Waals surface area contributed by atoms with Crippen LogP contribution in [-0.2, 0) is 23.9 Å². The molecule has 1 aromatic carbocycles. The number of carbonyl (C=O) groups is 1. The number of nitrogens with zero attached hydrogens (tertiary/aromatic N) is 3. The van der Waals surface area contributed by atoms with Crippen molar-refractivity contribution in [1.82, 2.24) is 15.6 Å². The topological polar surface area (TPSA) is 69.6 Å². The number of hydrogen-bond acceptors (Lipinski definition) is 4. The van der Waals surface area contributed by atoms with Crippen LogP contribution >= 0.6 is 35.3 Å². The van der Waals surface area contributed by atoms with Crippen molar-refractivity contribution < 1.29 is 18.0 Å². The number of hydrogen-bond donors (Lipinski definition) is 2. The highest BCUT2D eigenvalue weighted by atomic mass is 127. The van der Waals surface area contributed by atoms with Crippen molar-refractivity contribution in [3.05, 3.63) is 45.9 Å². The van der Waals surface area contributed by atoms with E-state index in [0.29, 0.717) is 19.0 Å². The first-order valence-electron chi connectivity index (χ1n) is 8.80. The quantitative estimate of drug-likeness (QED) is 0.347. The number of benzene rings is 1. The minimum Gasteiger partial charge on any atom is -0.357 e. The van der Waals surface area contributed by atoms with Gasteiger partial charge < -0.3 is 15.5 Å². The second kappa shape index (κ2) is 10.2. The Morgan fingerprint density at radius 3 is 2.76 bits per heavy atom. The molecule has 158 valence electrons. The molecular weight excluding hydrogens is 518 g/mol. The Morgan fingerprint density at radius 1 is 1.31 bits per heavy atom. The lowest BCUT2D eigenvalue weighted by Crippen LogP contribution is -2.38. The third-order valence-corrected chi connectivity index (χ3v) is 5.00. The fourth-order valence-electron chi connectivity index (χ4n) is 2.85. The van der Waals surface area contributed by atoms with Gasteiger partial charge in [0.15, 0.2) is 11.7 Å². The molecule has 0 saturated heterocycles. The van der Waals surface area contributed by atoms with Crippen molar-refractivity contribution in [3.63, 3.8) is 0 Å². The maximum atomic E-state index is 12.6. The Hall–Kier alpha value is -1.89. The lowest BCUT2D eigenvalue weighted by atomic mass is 10.2. The molecule has 2 aromatic rings. The minimum absolute atomic E-state index is 0. The normalized spacial score (nSPS) is 13.7. The van der Waals surface area contributed by atoms with Crippen LogP contribution in [0, 0.1) is 0 Å². The third-order valence-electron chi connectivity index (χ3n) is 4.15. The van der Waals surface area contributed by atoms with E-state index in [-0.39, 0.29) is 48.0 Å². The Kier molecular flexibility index (Phi) is 8.25. The van der Waals surface area contributed by atoms with E-state index in [9.17, 15) is 18.0 Å². The SMILES string of the molecule is CCNC(=NCC(=O)N1CCc2ccccc21)NCc1nc(C(F)(F)F)cs1.I. The highest BCUT2D eigenvalue weighted by Crippen LogP contribution is 2.30. The van der Waals surface area contributed by atoms with Crippen molar-refractivity contribution in [2.45, 2.75) is 26.1 Å². The first-order valence-corrected chi connectivity index (χ1v) is 9.68. The Bertz CT molecular complexity index is 871. The molecule has 0 bridgehead atoms. The zero-order chi connectivity index (χ0) is 20.1. The molecule has 0 aliphatic carbocycles. The van der Waals surface area contributed by atoms with E-state index in [2.05, 4.69) is 20.6 Å². The fraction of sp³-hybridized carbons (Fsp3) is 0.389. The number of carbonyl (C=O) groups excluding carboxylic acids is 1. The van der Waals surface area contributed by atoms with E-state index in [0.717, 1.165) is 34.4 Å². The summed E-state index contributed by atoms with van der Waals surface area (Å²) in [4.78, 5) is 22.1. The molecule has 0 spiro atoms. The highest BCUT2D eigenvalue weighted by molar-refractivity contribution is 14.0. The van der Waals surface area contributed by atoms with Crippen LogP contribution < -0.4 is 15.5 Å². The van der Waals surface area contributed by atoms with Gasteiger partial charge in [0.1, 0.15) is 11.6 Å². The Labute approximate surface area is 187 Å². The predicted molar refractivity (Wildman–Crippen MR) is 118 cm³/mol. The van der Waals surface area contributed by atoms with E-state index in [1.54, 1.807) is 4.90 Å². The van der Waals surface area contributed by atoms with Crippen molar-refractivity contribution in [2.75, 3.05) is 24.5 Å². The lowest BCUT2D eigenvalue weighted by Gasteiger charge is -2.17. The van der Waals surface area contributed by atoms with Crippen molar-refractivity contribution >= 4 is 52.9 Å². The number of fused-ring (bicyclic) bond motifs is 1. The number of para-hydroxylation sites is 1. The number of anilines is 1. The number of amides is 1. The van der Waals surface area contributed by atoms with Gasteiger partial charge in [0.25, 0.3) is 0 Å². The summed E-state index contributed by atoms with van der Waals surface area (Å²) in [6.07, 6.45) is -3.64. The smallest absolute Gasteiger partial charge is 0.357 e. The number of nitrogens with one attached hydrogen (secondary N) is 2. The van der Waals surface area contributed by atoms with Crippen molar-refractivity contribution in [1.29, 1.82) is 0 Å². The molecule has 3 rings (SSSR count). The lowest BCUT2D eigenvalue weighted by molar-refractivity contribution is -0.140. The largest absolute Gasteiger partial charge is 0.434 e. The summed E-state index contributed by atoms with van der Waals surface area (Å²) < 4.78 is 37.9. The summed E-state index contributed by atoms with van der Waals surface area (Å²) >= 11 is 0.922. The predicted octanol–water partition coefficient (Wildman–Crippen LogP) is 3.42. The third kappa shape index (κ3) is 6.04. The standard InChI is InChI=1S/C18H20F3N5OS.HI/c1-2-22-17(23-9-15-25-14(11-28-15)18(19,20)21)24-10-16(27)26-8-7-12-5-3-4-6-13(12)26;/h3-6,11H,2,7-10H2,1H3,(H2,22,23,24);1H. The summed E-state index contributed by atoms with van der Waals surface area (Å²) in [6, 6.07) is 7.75. The van der Waals surface area contributed by atoms with Gasteiger partial charge in [-0.15, -0.1) is 35.3 Å². The highest BCUT2D eigenvalue weighted by Gasteiger charge is 2.33. The van der Waals surface area contributed by atoms with E-state index < -0.39 is 11.9 Å². The molecule has 1 amide bonds. The second-order valence-corrected chi connectivity index (χ2v) is 7.04. The Balaban J connectivity index is 0.00000300.